The van der Waals surface area contributed by atoms with Crippen LogP contribution in [0.25, 0.3) is 0 Å². The van der Waals surface area contributed by atoms with Gasteiger partial charge in [-0.2, -0.15) is 13.2 Å². The van der Waals surface area contributed by atoms with E-state index in [2.05, 4.69) is 4.90 Å². The molecule has 3 aliphatic rings. The van der Waals surface area contributed by atoms with Crippen LogP contribution in [0.5, 0.6) is 0 Å². The Morgan fingerprint density at radius 3 is 2.53 bits per heavy atom. The van der Waals surface area contributed by atoms with E-state index in [-0.39, 0.29) is 18.6 Å². The molecule has 3 fully saturated rings. The van der Waals surface area contributed by atoms with Crippen molar-refractivity contribution in [2.24, 2.45) is 5.92 Å². The van der Waals surface area contributed by atoms with Crippen LogP contribution in [0.4, 0.5) is 13.2 Å². The predicted octanol–water partition coefficient (Wildman–Crippen LogP) is 2.53. The monoisotopic (exact) mass is 462 g/mol. The third-order valence-corrected chi connectivity index (χ3v) is 5.97. The maximum Gasteiger partial charge on any atom is 0.490 e. The lowest BCUT2D eigenvalue weighted by Crippen LogP contribution is -2.47. The maximum atomic E-state index is 12.1. The number of ether oxygens (including phenoxy) is 2. The zero-order valence-electron chi connectivity index (χ0n) is 17.8. The third-order valence-electron chi connectivity index (χ3n) is 5.97. The summed E-state index contributed by atoms with van der Waals surface area (Å²) < 4.78 is 49.0. The van der Waals surface area contributed by atoms with Gasteiger partial charge in [-0.3, -0.25) is 9.69 Å². The first kappa shape index (κ1) is 24.5. The van der Waals surface area contributed by atoms with Crippen molar-refractivity contribution >= 4 is 11.9 Å². The normalized spacial score (nSPS) is 25.8. The molecule has 1 amide bonds. The van der Waals surface area contributed by atoms with Crippen molar-refractivity contribution in [1.82, 2.24) is 9.80 Å². The van der Waals surface area contributed by atoms with Gasteiger partial charge in [-0.1, -0.05) is 0 Å². The molecule has 2 aliphatic heterocycles. The van der Waals surface area contributed by atoms with Crippen LogP contribution in [0, 0.1) is 5.92 Å². The molecule has 3 heterocycles. The number of carbonyl (C=O) groups excluding carboxylic acids is 1. The van der Waals surface area contributed by atoms with Crippen molar-refractivity contribution in [3.8, 4) is 0 Å². The van der Waals surface area contributed by atoms with Gasteiger partial charge in [0, 0.05) is 25.7 Å². The largest absolute Gasteiger partial charge is 0.490 e. The second-order valence-corrected chi connectivity index (χ2v) is 8.27. The molecule has 8 nitrogen and oxygen atoms in total. The quantitative estimate of drug-likeness (QED) is 0.695. The number of fused-ring (bicyclic) bond motifs is 1. The lowest BCUT2D eigenvalue weighted by molar-refractivity contribution is -0.192. The Hall–Kier alpha value is -2.11. The summed E-state index contributed by atoms with van der Waals surface area (Å²) in [4.78, 5) is 25.3. The number of alkyl halides is 3. The molecule has 3 unspecified atom stereocenters. The minimum absolute atomic E-state index is 0.142. The van der Waals surface area contributed by atoms with E-state index in [9.17, 15) is 18.0 Å². The van der Waals surface area contributed by atoms with E-state index in [0.29, 0.717) is 18.6 Å². The van der Waals surface area contributed by atoms with Crippen molar-refractivity contribution in [2.75, 3.05) is 39.5 Å². The highest BCUT2D eigenvalue weighted by Gasteiger charge is 2.41. The van der Waals surface area contributed by atoms with Gasteiger partial charge in [-0.25, -0.2) is 4.79 Å². The van der Waals surface area contributed by atoms with Gasteiger partial charge in [-0.15, -0.1) is 0 Å². The van der Waals surface area contributed by atoms with Crippen LogP contribution in [0.1, 0.15) is 31.4 Å². The number of furan rings is 1. The van der Waals surface area contributed by atoms with Gasteiger partial charge in [-0.05, 0) is 43.7 Å². The molecule has 11 heteroatoms. The Kier molecular flexibility index (Phi) is 8.55. The molecule has 0 bridgehead atoms. The Balaban J connectivity index is 0.000000360. The fourth-order valence-corrected chi connectivity index (χ4v) is 4.43. The van der Waals surface area contributed by atoms with Gasteiger partial charge in [0.05, 0.1) is 32.1 Å². The van der Waals surface area contributed by atoms with Crippen molar-refractivity contribution in [1.29, 1.82) is 0 Å². The van der Waals surface area contributed by atoms with Gasteiger partial charge in [0.15, 0.2) is 0 Å². The first-order valence-corrected chi connectivity index (χ1v) is 10.8. The number of carbonyl (C=O) groups is 2. The molecule has 3 atom stereocenters. The average Bonchev–Trinajstić information content (AvgIpc) is 3.49. The molecule has 32 heavy (non-hydrogen) atoms. The summed E-state index contributed by atoms with van der Waals surface area (Å²) in [5.74, 6) is -1.13. The van der Waals surface area contributed by atoms with Crippen LogP contribution < -0.4 is 0 Å². The summed E-state index contributed by atoms with van der Waals surface area (Å²) in [7, 11) is 0. The molecule has 1 N–H and O–H groups in total. The van der Waals surface area contributed by atoms with Crippen molar-refractivity contribution in [2.45, 2.75) is 50.6 Å². The number of hydrogen-bond acceptors (Lipinski definition) is 6. The van der Waals surface area contributed by atoms with Crippen molar-refractivity contribution in [3.63, 3.8) is 0 Å². The van der Waals surface area contributed by atoms with E-state index in [1.807, 2.05) is 17.0 Å². The maximum absolute atomic E-state index is 12.1. The predicted molar refractivity (Wildman–Crippen MR) is 106 cm³/mol. The van der Waals surface area contributed by atoms with Crippen molar-refractivity contribution in [3.05, 3.63) is 24.2 Å². The standard InChI is InChI=1S/C19H28N2O4.C2HF3O2/c22-19(20-5-1-2-6-20)14-23-13-15-10-17-18(11-15)25-9-7-21(17)12-16-4-3-8-24-16;3-2(4,5)1(6)7/h3-4,8,15,17-18H,1-2,5-7,9-14H2;(H,6,7). The number of rotatable bonds is 6. The average molecular weight is 462 g/mol. The topological polar surface area (TPSA) is 92.5 Å². The van der Waals surface area contributed by atoms with Gasteiger partial charge in [0.25, 0.3) is 0 Å². The Morgan fingerprint density at radius 1 is 1.19 bits per heavy atom. The van der Waals surface area contributed by atoms with E-state index in [1.54, 1.807) is 6.26 Å². The lowest BCUT2D eigenvalue weighted by Gasteiger charge is -2.37. The third kappa shape index (κ3) is 6.94. The fraction of sp³-hybridized carbons (Fsp3) is 0.714. The van der Waals surface area contributed by atoms with E-state index in [1.165, 1.54) is 0 Å². The molecule has 1 aromatic heterocycles. The zero-order valence-corrected chi connectivity index (χ0v) is 17.8. The van der Waals surface area contributed by atoms with Crippen LogP contribution in [-0.2, 0) is 25.6 Å². The van der Waals surface area contributed by atoms with Crippen LogP contribution in [0.15, 0.2) is 22.8 Å². The molecule has 0 spiro atoms. The number of morpholine rings is 1. The molecule has 0 aromatic carbocycles. The van der Waals surface area contributed by atoms with Crippen LogP contribution >= 0.6 is 0 Å². The minimum Gasteiger partial charge on any atom is -0.475 e. The summed E-state index contributed by atoms with van der Waals surface area (Å²) >= 11 is 0. The number of amides is 1. The molecular formula is C21H29F3N2O6. The minimum atomic E-state index is -5.08. The summed E-state index contributed by atoms with van der Waals surface area (Å²) in [6, 6.07) is 4.40. The number of hydrogen-bond donors (Lipinski definition) is 1. The first-order valence-electron chi connectivity index (χ1n) is 10.8. The highest BCUT2D eigenvalue weighted by atomic mass is 19.4. The second kappa shape index (κ2) is 11.2. The fourth-order valence-electron chi connectivity index (χ4n) is 4.43. The number of likely N-dealkylation sites (tertiary alicyclic amines) is 1. The van der Waals surface area contributed by atoms with Gasteiger partial charge < -0.3 is 23.9 Å². The molecular weight excluding hydrogens is 433 g/mol. The van der Waals surface area contributed by atoms with Crippen LogP contribution in [-0.4, -0.2) is 84.6 Å². The Labute approximate surface area is 184 Å². The van der Waals surface area contributed by atoms with E-state index >= 15 is 0 Å². The van der Waals surface area contributed by atoms with Crippen molar-refractivity contribution < 1.29 is 41.8 Å². The zero-order chi connectivity index (χ0) is 23.1. The first-order chi connectivity index (χ1) is 15.2. The highest BCUT2D eigenvalue weighted by Crippen LogP contribution is 2.35. The SMILES string of the molecule is O=C(COCC1CC2OCCN(Cc3ccco3)C2C1)N1CCCC1.O=C(O)C(F)(F)F. The summed E-state index contributed by atoms with van der Waals surface area (Å²) in [5, 5.41) is 7.12. The van der Waals surface area contributed by atoms with Crippen LogP contribution in [0.2, 0.25) is 0 Å². The molecule has 1 aliphatic carbocycles. The molecule has 4 rings (SSSR count). The summed E-state index contributed by atoms with van der Waals surface area (Å²) in [5.41, 5.74) is 0. The Morgan fingerprint density at radius 2 is 1.91 bits per heavy atom. The molecule has 1 aromatic rings. The van der Waals surface area contributed by atoms with Gasteiger partial charge in [0.2, 0.25) is 5.91 Å². The number of carboxylic acids is 1. The molecule has 1 saturated carbocycles. The van der Waals surface area contributed by atoms with Crippen LogP contribution in [0.3, 0.4) is 0 Å². The number of carboxylic acid groups (broad SMARTS) is 1. The van der Waals surface area contributed by atoms with Gasteiger partial charge in [0.1, 0.15) is 12.4 Å². The lowest BCUT2D eigenvalue weighted by atomic mass is 10.1. The van der Waals surface area contributed by atoms with E-state index in [4.69, 9.17) is 23.8 Å². The van der Waals surface area contributed by atoms with E-state index < -0.39 is 12.1 Å². The number of halogens is 3. The molecule has 180 valence electrons. The molecule has 0 radical (unpaired) electrons. The van der Waals surface area contributed by atoms with Gasteiger partial charge >= 0.3 is 12.1 Å². The summed E-state index contributed by atoms with van der Waals surface area (Å²) in [6.07, 6.45) is 1.28. The Bertz CT molecular complexity index is 736. The molecule has 2 saturated heterocycles. The second-order valence-electron chi connectivity index (χ2n) is 8.27. The summed E-state index contributed by atoms with van der Waals surface area (Å²) in [6.45, 7) is 5.24. The number of nitrogens with zero attached hydrogens (tertiary/aromatic N) is 2. The van der Waals surface area contributed by atoms with E-state index in [0.717, 1.165) is 64.2 Å². The number of aliphatic carboxylic acids is 1. The highest BCUT2D eigenvalue weighted by molar-refractivity contribution is 5.77. The smallest absolute Gasteiger partial charge is 0.475 e.